The lowest BCUT2D eigenvalue weighted by Gasteiger charge is -2.33. The molecule has 2 rings (SSSR count). The zero-order valence-corrected chi connectivity index (χ0v) is 13.2. The zero-order valence-electron chi connectivity index (χ0n) is 13.2. The fraction of sp³-hybridized carbons (Fsp3) is 0.786. The van der Waals surface area contributed by atoms with Gasteiger partial charge in [-0.05, 0) is 33.6 Å². The highest BCUT2D eigenvalue weighted by Crippen LogP contribution is 2.23. The van der Waals surface area contributed by atoms with Crippen LogP contribution in [0.15, 0.2) is 6.20 Å². The van der Waals surface area contributed by atoms with Gasteiger partial charge in [0.1, 0.15) is 11.3 Å². The Bertz CT molecular complexity index is 473. The Kier molecular flexibility index (Phi) is 4.82. The van der Waals surface area contributed by atoms with Gasteiger partial charge in [-0.2, -0.15) is 0 Å². The number of ether oxygens (including phenoxy) is 2. The van der Waals surface area contributed by atoms with Crippen LogP contribution < -0.4 is 0 Å². The normalized spacial score (nSPS) is 17.0. The molecule has 0 unspecified atom stereocenters. The summed E-state index contributed by atoms with van der Waals surface area (Å²) in [5, 5.41) is 8.21. The molecule has 0 spiro atoms. The standard InChI is InChI=1S/C14H24N4O3/c1-14(2,3)21-13(19)17-7-5-12(6-8-17)18-9-11(10-20-4)15-16-18/h9,12H,5-8,10H2,1-4H3. The number of hydrogen-bond acceptors (Lipinski definition) is 5. The molecule has 118 valence electrons. The maximum absolute atomic E-state index is 12.0. The van der Waals surface area contributed by atoms with Gasteiger partial charge >= 0.3 is 6.09 Å². The molecule has 1 amide bonds. The Balaban J connectivity index is 1.86. The Hall–Kier alpha value is -1.63. The number of methoxy groups -OCH3 is 1. The van der Waals surface area contributed by atoms with Gasteiger partial charge in [0.25, 0.3) is 0 Å². The first kappa shape index (κ1) is 15.8. The average molecular weight is 296 g/mol. The van der Waals surface area contributed by atoms with Gasteiger partial charge in [-0.25, -0.2) is 9.48 Å². The Morgan fingerprint density at radius 2 is 2.05 bits per heavy atom. The lowest BCUT2D eigenvalue weighted by molar-refractivity contribution is 0.0184. The molecule has 21 heavy (non-hydrogen) atoms. The van der Waals surface area contributed by atoms with E-state index in [-0.39, 0.29) is 12.1 Å². The highest BCUT2D eigenvalue weighted by Gasteiger charge is 2.27. The smallest absolute Gasteiger partial charge is 0.410 e. The number of likely N-dealkylation sites (tertiary alicyclic amines) is 1. The quantitative estimate of drug-likeness (QED) is 0.853. The van der Waals surface area contributed by atoms with Crippen LogP contribution in [-0.4, -0.2) is 51.8 Å². The van der Waals surface area contributed by atoms with Crippen molar-refractivity contribution < 1.29 is 14.3 Å². The van der Waals surface area contributed by atoms with E-state index in [9.17, 15) is 4.79 Å². The summed E-state index contributed by atoms with van der Waals surface area (Å²) in [7, 11) is 1.64. The topological polar surface area (TPSA) is 69.5 Å². The molecule has 7 heteroatoms. The average Bonchev–Trinajstić information content (AvgIpc) is 2.86. The van der Waals surface area contributed by atoms with Gasteiger partial charge in [-0.15, -0.1) is 5.10 Å². The predicted octanol–water partition coefficient (Wildman–Crippen LogP) is 2.00. The van der Waals surface area contributed by atoms with Crippen LogP contribution in [0.3, 0.4) is 0 Å². The van der Waals surface area contributed by atoms with E-state index >= 15 is 0 Å². The molecule has 1 aliphatic rings. The van der Waals surface area contributed by atoms with Gasteiger partial charge in [0.05, 0.1) is 18.8 Å². The number of carbonyl (C=O) groups excluding carboxylic acids is 1. The summed E-state index contributed by atoms with van der Waals surface area (Å²) in [4.78, 5) is 13.8. The van der Waals surface area contributed by atoms with Crippen LogP contribution >= 0.6 is 0 Å². The molecule has 0 aromatic carbocycles. The van der Waals surface area contributed by atoms with Crippen molar-refractivity contribution in [2.24, 2.45) is 0 Å². The van der Waals surface area contributed by atoms with Crippen molar-refractivity contribution in [2.75, 3.05) is 20.2 Å². The maximum atomic E-state index is 12.0. The molecule has 0 bridgehead atoms. The Labute approximate surface area is 125 Å². The summed E-state index contributed by atoms with van der Waals surface area (Å²) in [6, 6.07) is 0.279. The molecule has 0 aliphatic carbocycles. The van der Waals surface area contributed by atoms with E-state index in [1.165, 1.54) is 0 Å². The first-order valence-electron chi connectivity index (χ1n) is 7.26. The third-order valence-electron chi connectivity index (χ3n) is 3.34. The number of hydrogen-bond donors (Lipinski definition) is 0. The van der Waals surface area contributed by atoms with Crippen molar-refractivity contribution in [3.05, 3.63) is 11.9 Å². The van der Waals surface area contributed by atoms with Crippen molar-refractivity contribution in [2.45, 2.75) is 51.9 Å². The van der Waals surface area contributed by atoms with Crippen LogP contribution in [0.1, 0.15) is 45.3 Å². The highest BCUT2D eigenvalue weighted by atomic mass is 16.6. The maximum Gasteiger partial charge on any atom is 0.410 e. The molecule has 2 heterocycles. The summed E-state index contributed by atoms with van der Waals surface area (Å²) in [5.74, 6) is 0. The van der Waals surface area contributed by atoms with Gasteiger partial charge in [0.15, 0.2) is 0 Å². The van der Waals surface area contributed by atoms with E-state index in [1.54, 1.807) is 12.0 Å². The lowest BCUT2D eigenvalue weighted by atomic mass is 10.1. The molecule has 0 atom stereocenters. The number of aromatic nitrogens is 3. The molecule has 0 N–H and O–H groups in total. The minimum atomic E-state index is -0.450. The third-order valence-corrected chi connectivity index (χ3v) is 3.34. The molecule has 7 nitrogen and oxygen atoms in total. The highest BCUT2D eigenvalue weighted by molar-refractivity contribution is 5.68. The van der Waals surface area contributed by atoms with E-state index in [2.05, 4.69) is 10.3 Å². The minimum Gasteiger partial charge on any atom is -0.444 e. The van der Waals surface area contributed by atoms with E-state index in [0.717, 1.165) is 18.5 Å². The van der Waals surface area contributed by atoms with Gasteiger partial charge < -0.3 is 14.4 Å². The second-order valence-corrected chi connectivity index (χ2v) is 6.32. The van der Waals surface area contributed by atoms with Crippen molar-refractivity contribution >= 4 is 6.09 Å². The molecule has 1 saturated heterocycles. The van der Waals surface area contributed by atoms with Crippen molar-refractivity contribution in [1.29, 1.82) is 0 Å². The van der Waals surface area contributed by atoms with E-state index in [1.807, 2.05) is 31.6 Å². The number of piperidine rings is 1. The van der Waals surface area contributed by atoms with Crippen molar-refractivity contribution in [1.82, 2.24) is 19.9 Å². The molecular formula is C14H24N4O3. The number of nitrogens with zero attached hydrogens (tertiary/aromatic N) is 4. The fourth-order valence-corrected chi connectivity index (χ4v) is 2.35. The van der Waals surface area contributed by atoms with Crippen LogP contribution in [0.5, 0.6) is 0 Å². The number of rotatable bonds is 3. The first-order chi connectivity index (χ1) is 9.89. The van der Waals surface area contributed by atoms with E-state index in [4.69, 9.17) is 9.47 Å². The number of amides is 1. The van der Waals surface area contributed by atoms with Crippen LogP contribution in [0.4, 0.5) is 4.79 Å². The third kappa shape index (κ3) is 4.42. The first-order valence-corrected chi connectivity index (χ1v) is 7.26. The predicted molar refractivity (Wildman–Crippen MR) is 76.8 cm³/mol. The Morgan fingerprint density at radius 1 is 1.38 bits per heavy atom. The molecule has 1 aromatic rings. The van der Waals surface area contributed by atoms with Crippen LogP contribution in [-0.2, 0) is 16.1 Å². The van der Waals surface area contributed by atoms with Crippen molar-refractivity contribution in [3.8, 4) is 0 Å². The molecular weight excluding hydrogens is 272 g/mol. The number of carbonyl (C=O) groups is 1. The molecule has 1 aliphatic heterocycles. The van der Waals surface area contributed by atoms with E-state index < -0.39 is 5.60 Å². The minimum absolute atomic E-state index is 0.236. The van der Waals surface area contributed by atoms with E-state index in [0.29, 0.717) is 19.7 Å². The van der Waals surface area contributed by atoms with Crippen LogP contribution in [0, 0.1) is 0 Å². The monoisotopic (exact) mass is 296 g/mol. The summed E-state index contributed by atoms with van der Waals surface area (Å²) in [6.07, 6.45) is 3.39. The Morgan fingerprint density at radius 3 is 2.62 bits per heavy atom. The summed E-state index contributed by atoms with van der Waals surface area (Å²) < 4.78 is 12.3. The molecule has 1 fully saturated rings. The lowest BCUT2D eigenvalue weighted by Crippen LogP contribution is -2.42. The molecule has 0 saturated carbocycles. The van der Waals surface area contributed by atoms with Gasteiger partial charge in [-0.3, -0.25) is 0 Å². The van der Waals surface area contributed by atoms with Gasteiger partial charge in [-0.1, -0.05) is 5.21 Å². The van der Waals surface area contributed by atoms with Gasteiger partial charge in [0, 0.05) is 20.2 Å². The summed E-state index contributed by atoms with van der Waals surface area (Å²) in [6.45, 7) is 7.47. The zero-order chi connectivity index (χ0) is 15.5. The SMILES string of the molecule is COCc1cn(C2CCN(C(=O)OC(C)(C)C)CC2)nn1. The second-order valence-electron chi connectivity index (χ2n) is 6.32. The second kappa shape index (κ2) is 6.43. The van der Waals surface area contributed by atoms with Crippen LogP contribution in [0.25, 0.3) is 0 Å². The molecule has 0 radical (unpaired) electrons. The van der Waals surface area contributed by atoms with Gasteiger partial charge in [0.2, 0.25) is 0 Å². The fourth-order valence-electron chi connectivity index (χ4n) is 2.35. The van der Waals surface area contributed by atoms with Crippen molar-refractivity contribution in [3.63, 3.8) is 0 Å². The molecule has 1 aromatic heterocycles. The summed E-state index contributed by atoms with van der Waals surface area (Å²) >= 11 is 0. The van der Waals surface area contributed by atoms with Crippen LogP contribution in [0.2, 0.25) is 0 Å². The summed E-state index contributed by atoms with van der Waals surface area (Å²) in [5.41, 5.74) is 0.376. The largest absolute Gasteiger partial charge is 0.444 e.